The molecule has 0 saturated carbocycles. The van der Waals surface area contributed by atoms with Crippen LogP contribution in [0.25, 0.3) is 0 Å². The molecular formula is C7H12N2O. The van der Waals surface area contributed by atoms with E-state index < -0.39 is 5.60 Å². The molecule has 0 radical (unpaired) electrons. The highest BCUT2D eigenvalue weighted by atomic mass is 16.3. The molecule has 10 heavy (non-hydrogen) atoms. The van der Waals surface area contributed by atoms with Gasteiger partial charge in [0, 0.05) is 6.20 Å². The summed E-state index contributed by atoms with van der Waals surface area (Å²) < 4.78 is 0. The van der Waals surface area contributed by atoms with Crippen molar-refractivity contribution < 1.29 is 5.11 Å². The van der Waals surface area contributed by atoms with Crippen LogP contribution in [0, 0.1) is 6.92 Å². The summed E-state index contributed by atoms with van der Waals surface area (Å²) in [5.74, 6) is 0.616. The van der Waals surface area contributed by atoms with Crippen LogP contribution < -0.4 is 0 Å². The summed E-state index contributed by atoms with van der Waals surface area (Å²) in [6.45, 7) is 5.28. The van der Waals surface area contributed by atoms with E-state index in [-0.39, 0.29) is 0 Å². The van der Waals surface area contributed by atoms with Gasteiger partial charge in [0.25, 0.3) is 0 Å². The summed E-state index contributed by atoms with van der Waals surface area (Å²) in [6.07, 6.45) is 1.77. The van der Waals surface area contributed by atoms with Crippen molar-refractivity contribution in [2.75, 3.05) is 0 Å². The molecule has 0 aliphatic rings. The minimum absolute atomic E-state index is 0.616. The van der Waals surface area contributed by atoms with E-state index in [1.165, 1.54) is 0 Å². The van der Waals surface area contributed by atoms with Gasteiger partial charge in [0.15, 0.2) is 0 Å². The molecule has 0 saturated heterocycles. The zero-order valence-electron chi connectivity index (χ0n) is 6.47. The summed E-state index contributed by atoms with van der Waals surface area (Å²) in [5, 5.41) is 9.41. The average molecular weight is 140 g/mol. The van der Waals surface area contributed by atoms with Crippen molar-refractivity contribution in [2.45, 2.75) is 26.4 Å². The molecule has 0 unspecified atom stereocenters. The van der Waals surface area contributed by atoms with Crippen LogP contribution in [0.2, 0.25) is 0 Å². The third-order valence-corrected chi connectivity index (χ3v) is 1.29. The topological polar surface area (TPSA) is 48.9 Å². The van der Waals surface area contributed by atoms with Gasteiger partial charge in [-0.2, -0.15) is 0 Å². The number of aromatic amines is 1. The van der Waals surface area contributed by atoms with E-state index >= 15 is 0 Å². The largest absolute Gasteiger partial charge is 0.383 e. The summed E-state index contributed by atoms with van der Waals surface area (Å²) in [7, 11) is 0. The molecule has 0 bridgehead atoms. The lowest BCUT2D eigenvalue weighted by Gasteiger charge is -2.12. The summed E-state index contributed by atoms with van der Waals surface area (Å²) >= 11 is 0. The van der Waals surface area contributed by atoms with Gasteiger partial charge >= 0.3 is 0 Å². The van der Waals surface area contributed by atoms with Crippen molar-refractivity contribution in [3.05, 3.63) is 17.7 Å². The van der Waals surface area contributed by atoms with E-state index in [1.807, 2.05) is 6.92 Å². The first kappa shape index (κ1) is 7.28. The third kappa shape index (κ3) is 1.36. The van der Waals surface area contributed by atoms with Crippen molar-refractivity contribution >= 4 is 0 Å². The number of hydrogen-bond acceptors (Lipinski definition) is 2. The molecule has 1 heterocycles. The van der Waals surface area contributed by atoms with Gasteiger partial charge in [0.1, 0.15) is 11.4 Å². The van der Waals surface area contributed by atoms with Gasteiger partial charge in [0.05, 0.1) is 5.69 Å². The molecule has 0 fully saturated rings. The molecule has 1 aromatic heterocycles. The predicted molar refractivity (Wildman–Crippen MR) is 38.6 cm³/mol. The summed E-state index contributed by atoms with van der Waals surface area (Å²) in [4.78, 5) is 6.96. The van der Waals surface area contributed by atoms with Crippen LogP contribution in [0.4, 0.5) is 0 Å². The van der Waals surface area contributed by atoms with Gasteiger partial charge in [-0.05, 0) is 20.8 Å². The second-order valence-electron chi connectivity index (χ2n) is 2.95. The maximum Gasteiger partial charge on any atom is 0.137 e. The van der Waals surface area contributed by atoms with Gasteiger partial charge in [0.2, 0.25) is 0 Å². The lowest BCUT2D eigenvalue weighted by atomic mass is 10.1. The quantitative estimate of drug-likeness (QED) is 0.610. The van der Waals surface area contributed by atoms with Gasteiger partial charge < -0.3 is 10.1 Å². The fourth-order valence-corrected chi connectivity index (χ4v) is 0.727. The van der Waals surface area contributed by atoms with E-state index in [0.29, 0.717) is 5.82 Å². The lowest BCUT2D eigenvalue weighted by Crippen LogP contribution is -2.17. The Kier molecular flexibility index (Phi) is 1.52. The number of rotatable bonds is 1. The summed E-state index contributed by atoms with van der Waals surface area (Å²) in [5.41, 5.74) is 0.0472. The molecule has 1 aromatic rings. The fraction of sp³-hybridized carbons (Fsp3) is 0.571. The summed E-state index contributed by atoms with van der Waals surface area (Å²) in [6, 6.07) is 0. The van der Waals surface area contributed by atoms with Crippen molar-refractivity contribution in [3.63, 3.8) is 0 Å². The monoisotopic (exact) mass is 140 g/mol. The first-order valence-corrected chi connectivity index (χ1v) is 3.25. The smallest absolute Gasteiger partial charge is 0.137 e. The number of nitrogens with zero attached hydrogens (tertiary/aromatic N) is 1. The number of aromatic nitrogens is 2. The second kappa shape index (κ2) is 2.09. The van der Waals surface area contributed by atoms with Crippen LogP contribution in [0.15, 0.2) is 6.20 Å². The Balaban J connectivity index is 2.96. The zero-order chi connectivity index (χ0) is 7.78. The first-order valence-electron chi connectivity index (χ1n) is 3.25. The molecule has 0 aliphatic heterocycles. The molecular weight excluding hydrogens is 128 g/mol. The van der Waals surface area contributed by atoms with Gasteiger partial charge in [-0.15, -0.1) is 0 Å². The Hall–Kier alpha value is -0.830. The number of imidazole rings is 1. The van der Waals surface area contributed by atoms with E-state index in [2.05, 4.69) is 9.97 Å². The molecule has 0 aromatic carbocycles. The number of aryl methyl sites for hydroxylation is 1. The molecule has 0 aliphatic carbocycles. The minimum Gasteiger partial charge on any atom is -0.383 e. The highest BCUT2D eigenvalue weighted by Crippen LogP contribution is 2.14. The molecule has 2 N–H and O–H groups in total. The highest BCUT2D eigenvalue weighted by molar-refractivity contribution is 5.04. The minimum atomic E-state index is -0.853. The second-order valence-corrected chi connectivity index (χ2v) is 2.95. The Morgan fingerprint density at radius 2 is 2.20 bits per heavy atom. The maximum absolute atomic E-state index is 9.41. The maximum atomic E-state index is 9.41. The van der Waals surface area contributed by atoms with E-state index in [9.17, 15) is 5.11 Å². The number of aliphatic hydroxyl groups is 1. The van der Waals surface area contributed by atoms with Crippen molar-refractivity contribution in [2.24, 2.45) is 0 Å². The molecule has 3 nitrogen and oxygen atoms in total. The molecule has 0 amide bonds. The average Bonchev–Trinajstić information content (AvgIpc) is 2.11. The van der Waals surface area contributed by atoms with Crippen LogP contribution in [0.5, 0.6) is 0 Å². The molecule has 0 spiro atoms. The number of hydrogen-bond donors (Lipinski definition) is 2. The Bertz CT molecular complexity index is 222. The molecule has 0 atom stereocenters. The lowest BCUT2D eigenvalue weighted by molar-refractivity contribution is 0.0696. The standard InChI is InChI=1S/C7H12N2O/c1-5-4-8-6(9-5)7(2,3)10/h4,10H,1-3H3,(H,8,9). The van der Waals surface area contributed by atoms with E-state index in [1.54, 1.807) is 20.0 Å². The van der Waals surface area contributed by atoms with Crippen LogP contribution in [0.1, 0.15) is 25.4 Å². The first-order chi connectivity index (χ1) is 4.50. The number of nitrogens with one attached hydrogen (secondary N) is 1. The van der Waals surface area contributed by atoms with Crippen molar-refractivity contribution in [3.8, 4) is 0 Å². The Morgan fingerprint density at radius 1 is 1.60 bits per heavy atom. The highest BCUT2D eigenvalue weighted by Gasteiger charge is 2.18. The van der Waals surface area contributed by atoms with E-state index in [4.69, 9.17) is 0 Å². The Morgan fingerprint density at radius 3 is 2.40 bits per heavy atom. The van der Waals surface area contributed by atoms with Crippen molar-refractivity contribution in [1.29, 1.82) is 0 Å². The molecule has 3 heteroatoms. The van der Waals surface area contributed by atoms with Crippen LogP contribution in [-0.4, -0.2) is 15.1 Å². The number of H-pyrrole nitrogens is 1. The van der Waals surface area contributed by atoms with Crippen molar-refractivity contribution in [1.82, 2.24) is 9.97 Å². The molecule has 1 rings (SSSR count). The normalized spacial score (nSPS) is 12.0. The zero-order valence-corrected chi connectivity index (χ0v) is 6.47. The van der Waals surface area contributed by atoms with Gasteiger partial charge in [-0.3, -0.25) is 0 Å². The van der Waals surface area contributed by atoms with E-state index in [0.717, 1.165) is 5.69 Å². The SMILES string of the molecule is Cc1c[nH]c(C(C)(C)O)n1. The van der Waals surface area contributed by atoms with Crippen LogP contribution >= 0.6 is 0 Å². The van der Waals surface area contributed by atoms with Gasteiger partial charge in [-0.1, -0.05) is 0 Å². The molecule has 56 valence electrons. The van der Waals surface area contributed by atoms with Crippen LogP contribution in [0.3, 0.4) is 0 Å². The van der Waals surface area contributed by atoms with Gasteiger partial charge in [-0.25, -0.2) is 4.98 Å². The predicted octanol–water partition coefficient (Wildman–Crippen LogP) is 0.946. The Labute approximate surface area is 60.1 Å². The third-order valence-electron chi connectivity index (χ3n) is 1.29. The fourth-order valence-electron chi connectivity index (χ4n) is 0.727. The van der Waals surface area contributed by atoms with Crippen LogP contribution in [-0.2, 0) is 5.60 Å².